The SMILES string of the molecule is C/C(=N\NC(=Nc1ccccc1)c1c(C)n[nH]c1C)[C@H]1CC[C@H]2[C@@H]3CC=C4C[C@@H](O)CC[C@]4(C)[C@H]3CC[C@]12C. The minimum absolute atomic E-state index is 0.137. The highest BCUT2D eigenvalue weighted by Crippen LogP contribution is 2.66. The Morgan fingerprint density at radius 3 is 2.59 bits per heavy atom. The lowest BCUT2D eigenvalue weighted by Gasteiger charge is -2.58. The fourth-order valence-corrected chi connectivity index (χ4v) is 9.22. The maximum Gasteiger partial charge on any atom is 0.157 e. The number of aliphatic imine (C=N–C) groups is 1. The minimum atomic E-state index is -0.137. The highest BCUT2D eigenvalue weighted by atomic mass is 16.3. The van der Waals surface area contributed by atoms with Crippen molar-refractivity contribution in [1.29, 1.82) is 0 Å². The first-order chi connectivity index (χ1) is 18.7. The number of allylic oxidation sites excluding steroid dienone is 1. The number of aliphatic hydroxyl groups is 1. The molecule has 7 atom stereocenters. The van der Waals surface area contributed by atoms with Crippen molar-refractivity contribution in [3.8, 4) is 0 Å². The van der Waals surface area contributed by atoms with Crippen molar-refractivity contribution in [3.05, 3.63) is 58.9 Å². The van der Waals surface area contributed by atoms with Crippen LogP contribution in [0.2, 0.25) is 0 Å². The predicted octanol–water partition coefficient (Wildman–Crippen LogP) is 7.01. The molecule has 0 bridgehead atoms. The first kappa shape index (κ1) is 26.5. The molecular formula is C33H45N5O. The van der Waals surface area contributed by atoms with E-state index >= 15 is 0 Å². The highest BCUT2D eigenvalue weighted by Gasteiger charge is 2.59. The molecule has 3 N–H and O–H groups in total. The molecule has 0 saturated heterocycles. The average Bonchev–Trinajstić information content (AvgIpc) is 3.45. The molecule has 1 heterocycles. The summed E-state index contributed by atoms with van der Waals surface area (Å²) in [4.78, 5) is 4.94. The highest BCUT2D eigenvalue weighted by molar-refractivity contribution is 6.02. The number of hydrogen-bond donors (Lipinski definition) is 3. The number of aromatic nitrogens is 2. The molecule has 6 heteroatoms. The van der Waals surface area contributed by atoms with Gasteiger partial charge in [0.1, 0.15) is 0 Å². The van der Waals surface area contributed by atoms with Crippen LogP contribution in [0.4, 0.5) is 5.69 Å². The topological polar surface area (TPSA) is 85.7 Å². The fourth-order valence-electron chi connectivity index (χ4n) is 9.22. The van der Waals surface area contributed by atoms with Crippen LogP contribution in [0.15, 0.2) is 52.1 Å². The number of amidine groups is 1. The monoisotopic (exact) mass is 527 g/mol. The predicted molar refractivity (Wildman–Crippen MR) is 158 cm³/mol. The van der Waals surface area contributed by atoms with E-state index in [2.05, 4.69) is 42.5 Å². The van der Waals surface area contributed by atoms with Crippen LogP contribution in [-0.4, -0.2) is 33.0 Å². The van der Waals surface area contributed by atoms with Crippen molar-refractivity contribution in [3.63, 3.8) is 0 Å². The van der Waals surface area contributed by atoms with E-state index in [9.17, 15) is 5.11 Å². The Hall–Kier alpha value is -2.73. The molecule has 0 aliphatic heterocycles. The van der Waals surface area contributed by atoms with Gasteiger partial charge in [-0.1, -0.05) is 43.7 Å². The molecule has 208 valence electrons. The molecule has 1 aromatic heterocycles. The summed E-state index contributed by atoms with van der Waals surface area (Å²) in [5.41, 5.74) is 10.5. The Morgan fingerprint density at radius 2 is 1.85 bits per heavy atom. The summed E-state index contributed by atoms with van der Waals surface area (Å²) < 4.78 is 0. The van der Waals surface area contributed by atoms with Crippen molar-refractivity contribution in [2.45, 2.75) is 92.1 Å². The lowest BCUT2D eigenvalue weighted by Crippen LogP contribution is -2.51. The summed E-state index contributed by atoms with van der Waals surface area (Å²) in [7, 11) is 0. The first-order valence-corrected chi connectivity index (χ1v) is 15.0. The number of fused-ring (bicyclic) bond motifs is 5. The number of rotatable bonds is 4. The van der Waals surface area contributed by atoms with Crippen LogP contribution in [-0.2, 0) is 0 Å². The van der Waals surface area contributed by atoms with Crippen LogP contribution in [0.1, 0.15) is 89.1 Å². The van der Waals surface area contributed by atoms with E-state index in [0.717, 1.165) is 65.5 Å². The van der Waals surface area contributed by atoms with Crippen molar-refractivity contribution in [2.24, 2.45) is 44.6 Å². The lowest BCUT2D eigenvalue weighted by atomic mass is 9.47. The van der Waals surface area contributed by atoms with Gasteiger partial charge in [-0.3, -0.25) is 10.5 Å². The number of aromatic amines is 1. The van der Waals surface area contributed by atoms with Crippen LogP contribution in [0, 0.1) is 48.3 Å². The summed E-state index contributed by atoms with van der Waals surface area (Å²) in [5.74, 6) is 3.47. The number of benzene rings is 1. The largest absolute Gasteiger partial charge is 0.393 e. The molecule has 0 amide bonds. The zero-order valence-corrected chi connectivity index (χ0v) is 24.3. The lowest BCUT2D eigenvalue weighted by molar-refractivity contribution is -0.0423. The average molecular weight is 528 g/mol. The van der Waals surface area contributed by atoms with Crippen molar-refractivity contribution < 1.29 is 5.11 Å². The molecule has 0 radical (unpaired) electrons. The van der Waals surface area contributed by atoms with Crippen LogP contribution < -0.4 is 5.43 Å². The van der Waals surface area contributed by atoms with Gasteiger partial charge in [0.2, 0.25) is 0 Å². The molecule has 3 fully saturated rings. The van der Waals surface area contributed by atoms with Crippen molar-refractivity contribution in [2.75, 3.05) is 0 Å². The number of hydrogen-bond acceptors (Lipinski definition) is 4. The second kappa shape index (κ2) is 10.0. The Labute approximate surface area is 233 Å². The molecule has 39 heavy (non-hydrogen) atoms. The summed E-state index contributed by atoms with van der Waals surface area (Å²) in [6.07, 6.45) is 11.7. The minimum Gasteiger partial charge on any atom is -0.393 e. The van der Waals surface area contributed by atoms with E-state index in [1.165, 1.54) is 37.8 Å². The summed E-state index contributed by atoms with van der Waals surface area (Å²) in [6, 6.07) is 10.1. The standard InChI is InChI=1S/C33H45N5O/c1-20(35-38-31(30-21(2)36-37-22(30)3)34-24-9-7-6-8-10-24)27-13-14-28-26-12-11-23-19-25(39)15-17-32(23,4)29(26)16-18-33(27,28)5/h6-11,25-29,39H,12-19H2,1-5H3,(H,34,38)(H,36,37)/b35-20+/t25-,26-,27+,28-,29-,32-,33+/m0/s1. The van der Waals surface area contributed by atoms with Crippen LogP contribution in [0.25, 0.3) is 0 Å². The molecule has 0 spiro atoms. The van der Waals surface area contributed by atoms with Gasteiger partial charge in [0.05, 0.1) is 23.0 Å². The number of H-pyrrole nitrogens is 1. The summed E-state index contributed by atoms with van der Waals surface area (Å²) >= 11 is 0. The van der Waals surface area contributed by atoms with Gasteiger partial charge in [0.25, 0.3) is 0 Å². The number of para-hydroxylation sites is 1. The second-order valence-electron chi connectivity index (χ2n) is 13.3. The zero-order valence-electron chi connectivity index (χ0n) is 24.3. The molecule has 6 nitrogen and oxygen atoms in total. The number of aliphatic hydroxyl groups excluding tert-OH is 1. The molecule has 4 aliphatic rings. The summed E-state index contributed by atoms with van der Waals surface area (Å²) in [5, 5.41) is 22.9. The van der Waals surface area contributed by atoms with Gasteiger partial charge < -0.3 is 5.11 Å². The molecule has 2 aromatic rings. The van der Waals surface area contributed by atoms with Gasteiger partial charge in [-0.05, 0) is 113 Å². The van der Waals surface area contributed by atoms with E-state index in [1.54, 1.807) is 5.57 Å². The van der Waals surface area contributed by atoms with Gasteiger partial charge in [0.15, 0.2) is 5.84 Å². The maximum atomic E-state index is 10.3. The quantitative estimate of drug-likeness (QED) is 0.173. The maximum absolute atomic E-state index is 10.3. The Balaban J connectivity index is 1.25. The normalized spacial score (nSPS) is 36.6. The van der Waals surface area contributed by atoms with Crippen LogP contribution >= 0.6 is 0 Å². The first-order valence-electron chi connectivity index (χ1n) is 15.0. The molecule has 3 saturated carbocycles. The molecule has 1 aromatic carbocycles. The third kappa shape index (κ3) is 4.49. The zero-order chi connectivity index (χ0) is 27.4. The van der Waals surface area contributed by atoms with Gasteiger partial charge in [-0.25, -0.2) is 4.99 Å². The van der Waals surface area contributed by atoms with Gasteiger partial charge in [-0.2, -0.15) is 10.2 Å². The van der Waals surface area contributed by atoms with E-state index in [0.29, 0.717) is 5.92 Å². The van der Waals surface area contributed by atoms with Crippen LogP contribution in [0.3, 0.4) is 0 Å². The Kier molecular flexibility index (Phi) is 6.81. The van der Waals surface area contributed by atoms with E-state index < -0.39 is 0 Å². The number of nitrogens with one attached hydrogen (secondary N) is 2. The molecule has 4 aliphatic carbocycles. The van der Waals surface area contributed by atoms with Gasteiger partial charge in [0, 0.05) is 17.3 Å². The van der Waals surface area contributed by atoms with E-state index in [-0.39, 0.29) is 16.9 Å². The van der Waals surface area contributed by atoms with Crippen molar-refractivity contribution in [1.82, 2.24) is 15.6 Å². The van der Waals surface area contributed by atoms with E-state index in [4.69, 9.17) is 10.1 Å². The number of nitrogens with zero attached hydrogens (tertiary/aromatic N) is 3. The number of aryl methyl sites for hydroxylation is 2. The Morgan fingerprint density at radius 1 is 1.05 bits per heavy atom. The van der Waals surface area contributed by atoms with E-state index in [1.807, 2.05) is 44.2 Å². The van der Waals surface area contributed by atoms with Crippen molar-refractivity contribution >= 4 is 17.2 Å². The number of hydrazone groups is 1. The molecule has 6 rings (SSSR count). The third-order valence-corrected chi connectivity index (χ3v) is 11.3. The third-order valence-electron chi connectivity index (χ3n) is 11.3. The fraction of sp³-hybridized carbons (Fsp3) is 0.606. The van der Waals surface area contributed by atoms with Gasteiger partial charge in [-0.15, -0.1) is 0 Å². The Bertz CT molecular complexity index is 1290. The van der Waals surface area contributed by atoms with Gasteiger partial charge >= 0.3 is 0 Å². The second-order valence-corrected chi connectivity index (χ2v) is 13.3. The molecule has 0 unspecified atom stereocenters. The smallest absolute Gasteiger partial charge is 0.157 e. The molecular weight excluding hydrogens is 482 g/mol. The van der Waals surface area contributed by atoms with Crippen LogP contribution in [0.5, 0.6) is 0 Å². The summed E-state index contributed by atoms with van der Waals surface area (Å²) in [6.45, 7) is 11.3.